The summed E-state index contributed by atoms with van der Waals surface area (Å²) in [5, 5.41) is 0. The lowest BCUT2D eigenvalue weighted by atomic mass is 9.84. The Morgan fingerprint density at radius 2 is 1.53 bits per heavy atom. The number of hydrogen-bond acceptors (Lipinski definition) is 2. The summed E-state index contributed by atoms with van der Waals surface area (Å²) in [5.74, 6) is 0.450. The largest absolute Gasteiger partial charge is 0.306 e. The number of rotatable bonds is 4. The molecule has 0 aliphatic rings. The highest BCUT2D eigenvalue weighted by Gasteiger charge is 2.27. The van der Waals surface area contributed by atoms with Gasteiger partial charge in [0.05, 0.1) is 0 Å². The van der Waals surface area contributed by atoms with Crippen LogP contribution in [-0.2, 0) is 5.66 Å². The lowest BCUT2D eigenvalue weighted by Crippen LogP contribution is -2.47. The average molecular weight is 254 g/mol. The van der Waals surface area contributed by atoms with E-state index in [1.54, 1.807) is 0 Å². The van der Waals surface area contributed by atoms with E-state index in [9.17, 15) is 0 Å². The van der Waals surface area contributed by atoms with Crippen molar-refractivity contribution < 1.29 is 0 Å². The fourth-order valence-corrected chi connectivity index (χ4v) is 2.39. The molecule has 19 heavy (non-hydrogen) atoms. The van der Waals surface area contributed by atoms with Crippen molar-refractivity contribution >= 4 is 0 Å². The average Bonchev–Trinajstić information content (AvgIpc) is 2.47. The molecule has 0 fully saturated rings. The molecule has 1 unspecified atom stereocenters. The van der Waals surface area contributed by atoms with Crippen molar-refractivity contribution in [1.29, 1.82) is 0 Å². The normalized spacial score (nSPS) is 13.3. The highest BCUT2D eigenvalue weighted by atomic mass is 15.0. The minimum absolute atomic E-state index is 0.450. The van der Waals surface area contributed by atoms with Gasteiger partial charge < -0.3 is 11.5 Å². The van der Waals surface area contributed by atoms with E-state index in [1.807, 2.05) is 48.5 Å². The van der Waals surface area contributed by atoms with Crippen molar-refractivity contribution in [1.82, 2.24) is 0 Å². The molecular weight excluding hydrogens is 232 g/mol. The van der Waals surface area contributed by atoms with Gasteiger partial charge in [-0.2, -0.15) is 0 Å². The van der Waals surface area contributed by atoms with Gasteiger partial charge in [-0.1, -0.05) is 68.4 Å². The van der Waals surface area contributed by atoms with Crippen LogP contribution >= 0.6 is 0 Å². The maximum absolute atomic E-state index is 6.43. The molecule has 2 rings (SSSR count). The standard InChI is InChI=1S/C17H22N2/c1-3-13(2)15-11-7-8-12-16(15)17(18,19)14-9-5-4-6-10-14/h4-13H,3,18-19H2,1-2H3. The van der Waals surface area contributed by atoms with Gasteiger partial charge in [-0.15, -0.1) is 0 Å². The molecule has 0 bridgehead atoms. The minimum atomic E-state index is -0.943. The van der Waals surface area contributed by atoms with E-state index in [0.717, 1.165) is 17.5 Å². The molecular formula is C17H22N2. The molecule has 1 atom stereocenters. The van der Waals surface area contributed by atoms with Crippen LogP contribution in [0.3, 0.4) is 0 Å². The van der Waals surface area contributed by atoms with E-state index in [2.05, 4.69) is 19.9 Å². The van der Waals surface area contributed by atoms with Crippen LogP contribution in [0.4, 0.5) is 0 Å². The first kappa shape index (κ1) is 13.8. The third kappa shape index (κ3) is 2.70. The summed E-state index contributed by atoms with van der Waals surface area (Å²) >= 11 is 0. The van der Waals surface area contributed by atoms with Crippen molar-refractivity contribution in [3.8, 4) is 0 Å². The van der Waals surface area contributed by atoms with E-state index in [0.29, 0.717) is 5.92 Å². The topological polar surface area (TPSA) is 52.0 Å². The van der Waals surface area contributed by atoms with E-state index in [-0.39, 0.29) is 0 Å². The van der Waals surface area contributed by atoms with Gasteiger partial charge in [-0.3, -0.25) is 0 Å². The van der Waals surface area contributed by atoms with Gasteiger partial charge in [0.1, 0.15) is 5.66 Å². The SMILES string of the molecule is CCC(C)c1ccccc1C(N)(N)c1ccccc1. The number of hydrogen-bond donors (Lipinski definition) is 2. The molecule has 4 N–H and O–H groups in total. The van der Waals surface area contributed by atoms with E-state index >= 15 is 0 Å². The van der Waals surface area contributed by atoms with Gasteiger partial charge >= 0.3 is 0 Å². The molecule has 0 amide bonds. The monoisotopic (exact) mass is 254 g/mol. The summed E-state index contributed by atoms with van der Waals surface area (Å²) in [6, 6.07) is 18.1. The molecule has 0 saturated carbocycles. The first-order chi connectivity index (χ1) is 9.07. The zero-order valence-corrected chi connectivity index (χ0v) is 11.6. The van der Waals surface area contributed by atoms with E-state index < -0.39 is 5.66 Å². The lowest BCUT2D eigenvalue weighted by Gasteiger charge is -2.29. The Hall–Kier alpha value is -1.64. The van der Waals surface area contributed by atoms with Crippen LogP contribution in [0.2, 0.25) is 0 Å². The summed E-state index contributed by atoms with van der Waals surface area (Å²) in [5.41, 5.74) is 15.1. The van der Waals surface area contributed by atoms with Crippen LogP contribution in [-0.4, -0.2) is 0 Å². The van der Waals surface area contributed by atoms with Crippen molar-refractivity contribution in [3.05, 3.63) is 71.3 Å². The molecule has 2 heteroatoms. The zero-order chi connectivity index (χ0) is 13.9. The van der Waals surface area contributed by atoms with Gasteiger partial charge in [0.25, 0.3) is 0 Å². The molecule has 0 aromatic heterocycles. The molecule has 0 aliphatic heterocycles. The second kappa shape index (κ2) is 5.55. The smallest absolute Gasteiger partial charge is 0.117 e. The molecule has 2 aromatic carbocycles. The first-order valence-corrected chi connectivity index (χ1v) is 6.80. The van der Waals surface area contributed by atoms with Crippen LogP contribution in [0.1, 0.15) is 42.9 Å². The maximum Gasteiger partial charge on any atom is 0.117 e. The Kier molecular flexibility index (Phi) is 4.03. The van der Waals surface area contributed by atoms with E-state index in [1.165, 1.54) is 5.56 Å². The first-order valence-electron chi connectivity index (χ1n) is 6.80. The molecule has 0 spiro atoms. The molecule has 2 nitrogen and oxygen atoms in total. The van der Waals surface area contributed by atoms with Gasteiger partial charge in [-0.05, 0) is 29.0 Å². The van der Waals surface area contributed by atoms with Crippen LogP contribution < -0.4 is 11.5 Å². The Morgan fingerprint density at radius 3 is 2.16 bits per heavy atom. The van der Waals surface area contributed by atoms with Crippen molar-refractivity contribution in [3.63, 3.8) is 0 Å². The van der Waals surface area contributed by atoms with Gasteiger partial charge in [0.15, 0.2) is 0 Å². The molecule has 100 valence electrons. The second-order valence-corrected chi connectivity index (χ2v) is 5.13. The minimum Gasteiger partial charge on any atom is -0.306 e. The van der Waals surface area contributed by atoms with Gasteiger partial charge in [-0.25, -0.2) is 0 Å². The zero-order valence-electron chi connectivity index (χ0n) is 11.6. The Labute approximate surface area is 115 Å². The molecule has 0 aliphatic carbocycles. The number of nitrogens with two attached hydrogens (primary N) is 2. The van der Waals surface area contributed by atoms with Gasteiger partial charge in [0, 0.05) is 0 Å². The number of benzene rings is 2. The van der Waals surface area contributed by atoms with Crippen LogP contribution in [0.25, 0.3) is 0 Å². The summed E-state index contributed by atoms with van der Waals surface area (Å²) in [6.45, 7) is 4.39. The fourth-order valence-electron chi connectivity index (χ4n) is 2.39. The third-order valence-electron chi connectivity index (χ3n) is 3.80. The summed E-state index contributed by atoms with van der Waals surface area (Å²) in [4.78, 5) is 0. The Bertz CT molecular complexity index is 532. The highest BCUT2D eigenvalue weighted by molar-refractivity contribution is 5.42. The molecule has 0 saturated heterocycles. The van der Waals surface area contributed by atoms with Crippen LogP contribution in [0, 0.1) is 0 Å². The summed E-state index contributed by atoms with van der Waals surface area (Å²) < 4.78 is 0. The predicted molar refractivity (Wildman–Crippen MR) is 80.7 cm³/mol. The third-order valence-corrected chi connectivity index (χ3v) is 3.80. The van der Waals surface area contributed by atoms with Crippen LogP contribution in [0.15, 0.2) is 54.6 Å². The highest BCUT2D eigenvalue weighted by Crippen LogP contribution is 2.30. The molecule has 2 aromatic rings. The van der Waals surface area contributed by atoms with Crippen LogP contribution in [0.5, 0.6) is 0 Å². The summed E-state index contributed by atoms with van der Waals surface area (Å²) in [7, 11) is 0. The molecule has 0 radical (unpaired) electrons. The Morgan fingerprint density at radius 1 is 0.947 bits per heavy atom. The lowest BCUT2D eigenvalue weighted by molar-refractivity contribution is 0.551. The Balaban J connectivity index is 2.52. The predicted octanol–water partition coefficient (Wildman–Crippen LogP) is 3.32. The quantitative estimate of drug-likeness (QED) is 0.822. The second-order valence-electron chi connectivity index (χ2n) is 5.13. The van der Waals surface area contributed by atoms with Crippen molar-refractivity contribution in [2.45, 2.75) is 31.8 Å². The summed E-state index contributed by atoms with van der Waals surface area (Å²) in [6.07, 6.45) is 1.07. The fraction of sp³-hybridized carbons (Fsp3) is 0.294. The van der Waals surface area contributed by atoms with E-state index in [4.69, 9.17) is 11.5 Å². The van der Waals surface area contributed by atoms with Crippen molar-refractivity contribution in [2.24, 2.45) is 11.5 Å². The van der Waals surface area contributed by atoms with Crippen molar-refractivity contribution in [2.75, 3.05) is 0 Å². The van der Waals surface area contributed by atoms with Gasteiger partial charge in [0.2, 0.25) is 0 Å². The maximum atomic E-state index is 6.43. The molecule has 0 heterocycles.